The summed E-state index contributed by atoms with van der Waals surface area (Å²) in [6.45, 7) is 0.620. The van der Waals surface area contributed by atoms with E-state index in [-0.39, 0.29) is 5.91 Å². The summed E-state index contributed by atoms with van der Waals surface area (Å²) in [4.78, 5) is 20.1. The van der Waals surface area contributed by atoms with Crippen molar-refractivity contribution >= 4 is 27.4 Å². The molecule has 5 rings (SSSR count). The number of carbonyl (C=O) groups is 1. The molecule has 7 heteroatoms. The normalized spacial score (nSPS) is 19.4. The van der Waals surface area contributed by atoms with Crippen molar-refractivity contribution in [2.45, 2.75) is 12.0 Å². The predicted molar refractivity (Wildman–Crippen MR) is 122 cm³/mol. The van der Waals surface area contributed by atoms with Gasteiger partial charge in [0.1, 0.15) is 0 Å². The van der Waals surface area contributed by atoms with E-state index in [0.717, 1.165) is 23.3 Å². The summed E-state index contributed by atoms with van der Waals surface area (Å²) >= 11 is 1.27. The van der Waals surface area contributed by atoms with Crippen molar-refractivity contribution in [1.29, 1.82) is 5.26 Å². The van der Waals surface area contributed by atoms with Gasteiger partial charge in [-0.1, -0.05) is 0 Å². The van der Waals surface area contributed by atoms with Crippen LogP contribution in [0.5, 0.6) is 5.75 Å². The third-order valence-corrected chi connectivity index (χ3v) is 7.12. The minimum atomic E-state index is -1.25. The maximum atomic E-state index is 14.6. The fourth-order valence-corrected chi connectivity index (χ4v) is 4.98. The van der Waals surface area contributed by atoms with E-state index < -0.39 is 11.4 Å². The third kappa shape index (κ3) is 3.04. The van der Waals surface area contributed by atoms with Gasteiger partial charge in [-0.2, -0.15) is 0 Å². The third-order valence-electron chi connectivity index (χ3n) is 6.03. The Hall–Kier alpha value is -3.42. The molecule has 158 valence electrons. The van der Waals surface area contributed by atoms with Crippen molar-refractivity contribution in [1.82, 2.24) is 4.90 Å². The first-order valence-corrected chi connectivity index (χ1v) is 11.4. The van der Waals surface area contributed by atoms with Gasteiger partial charge in [0.2, 0.25) is 0 Å². The van der Waals surface area contributed by atoms with Crippen LogP contribution in [0.2, 0.25) is 0 Å². The minimum absolute atomic E-state index is 0.154. The number of halogens is 1. The van der Waals surface area contributed by atoms with Crippen LogP contribution in [0.15, 0.2) is 65.7 Å². The van der Waals surface area contributed by atoms with Crippen LogP contribution in [0.4, 0.5) is 4.39 Å². The molecule has 3 aromatic rings. The number of benzene rings is 3. The number of nitrogens with zero attached hydrogens (tertiary/aromatic N) is 3. The monoisotopic (exact) mass is 487 g/mol. The van der Waals surface area contributed by atoms with Crippen LogP contribution >= 0.6 is 0 Å². The van der Waals surface area contributed by atoms with Gasteiger partial charge in [-0.25, -0.2) is 0 Å². The van der Waals surface area contributed by atoms with E-state index in [1.807, 2.05) is 24.3 Å². The standard InChI is InChI=1S/C25H19AsFN3O2/c1-30-23(31)25(29-24(30)26,19-6-8-22-17(13-19)9-10-32-22)18-4-2-3-16(12-18)20-11-15(14-28)5-7-21(20)27/h2-8,11-13H,9-10,26H2,1H3. The molecule has 0 N–H and O–H groups in total. The molecule has 0 saturated carbocycles. The van der Waals surface area contributed by atoms with Crippen molar-refractivity contribution < 1.29 is 13.9 Å². The molecule has 1 amide bonds. The second-order valence-electron chi connectivity index (χ2n) is 7.85. The second kappa shape index (κ2) is 7.62. The molecule has 2 aliphatic rings. The topological polar surface area (TPSA) is 65.7 Å². The van der Waals surface area contributed by atoms with Crippen molar-refractivity contribution in [3.8, 4) is 22.9 Å². The van der Waals surface area contributed by atoms with Crippen LogP contribution in [0.1, 0.15) is 22.3 Å². The Kier molecular flexibility index (Phi) is 4.87. The zero-order valence-electron chi connectivity index (χ0n) is 17.3. The van der Waals surface area contributed by atoms with Gasteiger partial charge in [0.15, 0.2) is 0 Å². The van der Waals surface area contributed by atoms with Crippen LogP contribution in [-0.4, -0.2) is 45.9 Å². The van der Waals surface area contributed by atoms with Gasteiger partial charge in [0.05, 0.1) is 0 Å². The molecule has 0 saturated heterocycles. The van der Waals surface area contributed by atoms with E-state index in [2.05, 4.69) is 6.07 Å². The van der Waals surface area contributed by atoms with Crippen molar-refractivity contribution in [2.24, 2.45) is 4.99 Å². The van der Waals surface area contributed by atoms with E-state index >= 15 is 0 Å². The number of fused-ring (bicyclic) bond motifs is 1. The number of nitriles is 1. The van der Waals surface area contributed by atoms with Crippen LogP contribution in [0, 0.1) is 17.1 Å². The second-order valence-corrected chi connectivity index (χ2v) is 8.94. The van der Waals surface area contributed by atoms with Crippen molar-refractivity contribution in [2.75, 3.05) is 13.7 Å². The average molecular weight is 487 g/mol. The number of amides is 1. The maximum absolute atomic E-state index is 14.6. The van der Waals surface area contributed by atoms with Crippen molar-refractivity contribution in [3.63, 3.8) is 0 Å². The van der Waals surface area contributed by atoms with Crippen LogP contribution in [0.3, 0.4) is 0 Å². The molecule has 32 heavy (non-hydrogen) atoms. The summed E-state index contributed by atoms with van der Waals surface area (Å²) in [7, 11) is 1.72. The SMILES string of the molecule is CN1C(=O)C(c2cccc(-c3cc(C#N)ccc3F)c2)(c2ccc3c(c2)CCO3)N=C1[AsH2]. The first-order chi connectivity index (χ1) is 15.4. The molecule has 3 aromatic carbocycles. The Morgan fingerprint density at radius 2 is 1.97 bits per heavy atom. The molecule has 2 atom stereocenters. The van der Waals surface area contributed by atoms with E-state index in [1.165, 1.54) is 35.1 Å². The van der Waals surface area contributed by atoms with E-state index in [1.54, 1.807) is 30.1 Å². The quantitative estimate of drug-likeness (QED) is 0.534. The molecule has 2 unspecified atom stereocenters. The van der Waals surface area contributed by atoms with Crippen LogP contribution < -0.4 is 4.74 Å². The number of ether oxygens (including phenoxy) is 1. The molecule has 0 spiro atoms. The van der Waals surface area contributed by atoms with Gasteiger partial charge >= 0.3 is 194 Å². The van der Waals surface area contributed by atoms with Crippen LogP contribution in [0.25, 0.3) is 11.1 Å². The Balaban J connectivity index is 1.72. The van der Waals surface area contributed by atoms with Gasteiger partial charge in [0.25, 0.3) is 0 Å². The summed E-state index contributed by atoms with van der Waals surface area (Å²) in [5.74, 6) is 0.249. The summed E-state index contributed by atoms with van der Waals surface area (Å²) in [5.41, 5.74) is 2.47. The fourth-order valence-electron chi connectivity index (χ4n) is 4.32. The molecule has 0 aliphatic carbocycles. The first-order valence-electron chi connectivity index (χ1n) is 10.1. The Morgan fingerprint density at radius 3 is 2.72 bits per heavy atom. The molecule has 0 fully saturated rings. The molecular weight excluding hydrogens is 468 g/mol. The average Bonchev–Trinajstić information content (AvgIpc) is 3.38. The first kappa shape index (κ1) is 20.5. The van der Waals surface area contributed by atoms with Crippen molar-refractivity contribution in [3.05, 3.63) is 88.7 Å². The number of aliphatic imine (C=N–C) groups is 1. The Labute approximate surface area is 193 Å². The number of amidine groups is 1. The zero-order valence-corrected chi connectivity index (χ0v) is 19.7. The molecule has 2 heterocycles. The van der Waals surface area contributed by atoms with E-state index in [9.17, 15) is 14.4 Å². The summed E-state index contributed by atoms with van der Waals surface area (Å²) in [6, 6.07) is 19.3. The van der Waals surface area contributed by atoms with Crippen LogP contribution in [-0.2, 0) is 16.8 Å². The number of carbonyl (C=O) groups excluding carboxylic acids is 1. The fraction of sp³-hybridized carbons (Fsp3) is 0.160. The van der Waals surface area contributed by atoms with Gasteiger partial charge in [-0.15, -0.1) is 0 Å². The van der Waals surface area contributed by atoms with Gasteiger partial charge in [0, 0.05) is 0 Å². The molecule has 2 aliphatic heterocycles. The number of hydrogen-bond acceptors (Lipinski definition) is 4. The number of hydrogen-bond donors (Lipinski definition) is 0. The summed E-state index contributed by atoms with van der Waals surface area (Å²) in [5, 5.41) is 9.24. The number of rotatable bonds is 3. The predicted octanol–water partition coefficient (Wildman–Crippen LogP) is 3.00. The van der Waals surface area contributed by atoms with E-state index in [4.69, 9.17) is 9.73 Å². The van der Waals surface area contributed by atoms with Gasteiger partial charge < -0.3 is 0 Å². The molecule has 0 radical (unpaired) electrons. The molecular formula is C25H19AsFN3O2. The molecule has 5 nitrogen and oxygen atoms in total. The van der Waals surface area contributed by atoms with Gasteiger partial charge in [-0.05, 0) is 0 Å². The number of likely N-dealkylation sites (N-methyl/N-ethyl adjacent to an activating group) is 1. The van der Waals surface area contributed by atoms with Gasteiger partial charge in [-0.3, -0.25) is 0 Å². The van der Waals surface area contributed by atoms with E-state index in [0.29, 0.717) is 33.5 Å². The summed E-state index contributed by atoms with van der Waals surface area (Å²) < 4.78 is 21.0. The summed E-state index contributed by atoms with van der Waals surface area (Å²) in [6.07, 6.45) is 0.780. The Bertz CT molecular complexity index is 1350. The zero-order chi connectivity index (χ0) is 22.5. The molecule has 0 aromatic heterocycles. The molecule has 0 bridgehead atoms. The Morgan fingerprint density at radius 1 is 1.16 bits per heavy atom.